The maximum absolute atomic E-state index is 12.9. The molecule has 0 unspecified atom stereocenters. The number of hydrogen-bond donors (Lipinski definition) is 0. The second kappa shape index (κ2) is 4.37. The van der Waals surface area contributed by atoms with Crippen LogP contribution >= 0.6 is 0 Å². The Morgan fingerprint density at radius 3 is 2.25 bits per heavy atom. The molecule has 0 aliphatic heterocycles. The van der Waals surface area contributed by atoms with Crippen LogP contribution in [0.15, 0.2) is 48.8 Å². The van der Waals surface area contributed by atoms with E-state index in [9.17, 15) is 13.2 Å². The highest BCUT2D eigenvalue weighted by molar-refractivity contribution is 5.65. The molecule has 0 atom stereocenters. The molecule has 0 saturated carbocycles. The van der Waals surface area contributed by atoms with Gasteiger partial charge in [-0.05, 0) is 24.1 Å². The minimum absolute atomic E-state index is 0.424. The quantitative estimate of drug-likeness (QED) is 0.646. The largest absolute Gasteiger partial charge is 0.450 e. The Morgan fingerprint density at radius 2 is 1.60 bits per heavy atom. The molecule has 2 heterocycles. The molecule has 0 aliphatic rings. The number of benzene rings is 1. The fourth-order valence-corrected chi connectivity index (χ4v) is 2.12. The van der Waals surface area contributed by atoms with Crippen LogP contribution in [0, 0.1) is 6.92 Å². The van der Waals surface area contributed by atoms with Gasteiger partial charge in [0.1, 0.15) is 0 Å². The number of fused-ring (bicyclic) bond motifs is 1. The molecule has 20 heavy (non-hydrogen) atoms. The minimum atomic E-state index is -4.46. The normalized spacial score (nSPS) is 12.0. The Balaban J connectivity index is 2.16. The molecular formula is C15H11F3N2. The van der Waals surface area contributed by atoms with Crippen molar-refractivity contribution in [2.75, 3.05) is 0 Å². The third-order valence-electron chi connectivity index (χ3n) is 3.17. The fraction of sp³-hybridized carbons (Fsp3) is 0.133. The Hall–Kier alpha value is -2.30. The van der Waals surface area contributed by atoms with E-state index < -0.39 is 12.0 Å². The number of halogens is 3. The highest BCUT2D eigenvalue weighted by Crippen LogP contribution is 2.30. The van der Waals surface area contributed by atoms with Gasteiger partial charge in [-0.1, -0.05) is 35.9 Å². The van der Waals surface area contributed by atoms with Gasteiger partial charge in [0, 0.05) is 6.20 Å². The highest BCUT2D eigenvalue weighted by Gasteiger charge is 2.35. The zero-order valence-electron chi connectivity index (χ0n) is 10.6. The van der Waals surface area contributed by atoms with Crippen LogP contribution in [0.1, 0.15) is 11.4 Å². The maximum atomic E-state index is 12.9. The van der Waals surface area contributed by atoms with Crippen molar-refractivity contribution in [3.05, 3.63) is 60.2 Å². The van der Waals surface area contributed by atoms with Gasteiger partial charge in [0.25, 0.3) is 0 Å². The SMILES string of the molecule is Cc1ccc(-c2ccc3cnc(C(F)(F)F)n3c2)cc1. The molecule has 0 radical (unpaired) electrons. The van der Waals surface area contributed by atoms with Crippen molar-refractivity contribution < 1.29 is 13.2 Å². The number of aryl methyl sites for hydroxylation is 1. The standard InChI is InChI=1S/C15H11F3N2/c1-10-2-4-11(5-3-10)12-6-7-13-8-19-14(15(16,17)18)20(13)9-12/h2-9H,1H3. The molecule has 0 spiro atoms. The molecule has 1 aromatic carbocycles. The average molecular weight is 276 g/mol. The summed E-state index contributed by atoms with van der Waals surface area (Å²) in [5, 5.41) is 0. The number of imidazole rings is 1. The summed E-state index contributed by atoms with van der Waals surface area (Å²) in [6.45, 7) is 1.96. The maximum Gasteiger partial charge on any atom is 0.450 e. The van der Waals surface area contributed by atoms with E-state index in [0.717, 1.165) is 21.1 Å². The Morgan fingerprint density at radius 1 is 0.950 bits per heavy atom. The van der Waals surface area contributed by atoms with Crippen molar-refractivity contribution in [2.45, 2.75) is 13.1 Å². The van der Waals surface area contributed by atoms with Gasteiger partial charge in [-0.2, -0.15) is 13.2 Å². The lowest BCUT2D eigenvalue weighted by Crippen LogP contribution is -2.10. The molecule has 0 amide bonds. The van der Waals surface area contributed by atoms with Crippen molar-refractivity contribution in [3.63, 3.8) is 0 Å². The Bertz CT molecular complexity index is 755. The molecule has 3 rings (SSSR count). The lowest BCUT2D eigenvalue weighted by molar-refractivity contribution is -0.145. The minimum Gasteiger partial charge on any atom is -0.296 e. The monoisotopic (exact) mass is 276 g/mol. The predicted molar refractivity (Wildman–Crippen MR) is 70.4 cm³/mol. The first-order chi connectivity index (χ1) is 9.45. The smallest absolute Gasteiger partial charge is 0.296 e. The van der Waals surface area contributed by atoms with Gasteiger partial charge in [0.2, 0.25) is 5.82 Å². The van der Waals surface area contributed by atoms with Gasteiger partial charge >= 0.3 is 6.18 Å². The molecule has 0 fully saturated rings. The van der Waals surface area contributed by atoms with Gasteiger partial charge in [0.15, 0.2) is 0 Å². The molecule has 5 heteroatoms. The van der Waals surface area contributed by atoms with Crippen LogP contribution in [-0.4, -0.2) is 9.38 Å². The molecule has 0 aliphatic carbocycles. The number of aromatic nitrogens is 2. The van der Waals surface area contributed by atoms with Crippen LogP contribution in [0.25, 0.3) is 16.6 Å². The molecule has 3 aromatic rings. The first-order valence-electron chi connectivity index (χ1n) is 6.06. The number of hydrogen-bond acceptors (Lipinski definition) is 1. The Kier molecular flexibility index (Phi) is 2.78. The van der Waals surface area contributed by atoms with Gasteiger partial charge in [-0.25, -0.2) is 4.98 Å². The van der Waals surface area contributed by atoms with E-state index in [1.165, 1.54) is 12.4 Å². The first kappa shape index (κ1) is 12.7. The third kappa shape index (κ3) is 2.15. The van der Waals surface area contributed by atoms with Gasteiger partial charge in [-0.15, -0.1) is 0 Å². The molecular weight excluding hydrogens is 265 g/mol. The summed E-state index contributed by atoms with van der Waals surface area (Å²) in [4.78, 5) is 3.45. The summed E-state index contributed by atoms with van der Waals surface area (Å²) < 4.78 is 39.6. The van der Waals surface area contributed by atoms with E-state index in [-0.39, 0.29) is 0 Å². The van der Waals surface area contributed by atoms with Crippen LogP contribution in [-0.2, 0) is 6.18 Å². The van der Waals surface area contributed by atoms with Crippen LogP contribution in [0.4, 0.5) is 13.2 Å². The van der Waals surface area contributed by atoms with Crippen molar-refractivity contribution in [3.8, 4) is 11.1 Å². The molecule has 0 N–H and O–H groups in total. The summed E-state index contributed by atoms with van der Waals surface area (Å²) >= 11 is 0. The zero-order valence-corrected chi connectivity index (χ0v) is 10.6. The number of nitrogens with zero attached hydrogens (tertiary/aromatic N) is 2. The van der Waals surface area contributed by atoms with Crippen LogP contribution in [0.5, 0.6) is 0 Å². The van der Waals surface area contributed by atoms with E-state index >= 15 is 0 Å². The van der Waals surface area contributed by atoms with E-state index in [0.29, 0.717) is 5.52 Å². The van der Waals surface area contributed by atoms with Crippen molar-refractivity contribution in [1.82, 2.24) is 9.38 Å². The summed E-state index contributed by atoms with van der Waals surface area (Å²) in [7, 11) is 0. The lowest BCUT2D eigenvalue weighted by atomic mass is 10.1. The fourth-order valence-electron chi connectivity index (χ4n) is 2.12. The van der Waals surface area contributed by atoms with E-state index in [1.807, 2.05) is 31.2 Å². The first-order valence-corrected chi connectivity index (χ1v) is 6.06. The second-order valence-electron chi connectivity index (χ2n) is 4.66. The van der Waals surface area contributed by atoms with E-state index in [4.69, 9.17) is 0 Å². The van der Waals surface area contributed by atoms with Crippen molar-refractivity contribution in [1.29, 1.82) is 0 Å². The van der Waals surface area contributed by atoms with Crippen LogP contribution in [0.2, 0.25) is 0 Å². The topological polar surface area (TPSA) is 17.3 Å². The molecule has 0 saturated heterocycles. The predicted octanol–water partition coefficient (Wildman–Crippen LogP) is 4.33. The Labute approximate surface area is 113 Å². The van der Waals surface area contributed by atoms with Gasteiger partial charge in [-0.3, -0.25) is 4.40 Å². The molecule has 102 valence electrons. The summed E-state index contributed by atoms with van der Waals surface area (Å²) in [5.74, 6) is -0.901. The zero-order chi connectivity index (χ0) is 14.3. The summed E-state index contributed by atoms with van der Waals surface area (Å²) in [6.07, 6.45) is -1.77. The second-order valence-corrected chi connectivity index (χ2v) is 4.66. The van der Waals surface area contributed by atoms with Crippen molar-refractivity contribution in [2.24, 2.45) is 0 Å². The molecule has 0 bridgehead atoms. The van der Waals surface area contributed by atoms with E-state index in [2.05, 4.69) is 4.98 Å². The van der Waals surface area contributed by atoms with Crippen LogP contribution in [0.3, 0.4) is 0 Å². The summed E-state index contributed by atoms with van der Waals surface area (Å²) in [5.41, 5.74) is 3.13. The van der Waals surface area contributed by atoms with Gasteiger partial charge < -0.3 is 0 Å². The molecule has 2 nitrogen and oxygen atoms in total. The number of rotatable bonds is 1. The molecule has 2 aromatic heterocycles. The third-order valence-corrected chi connectivity index (χ3v) is 3.17. The number of alkyl halides is 3. The highest BCUT2D eigenvalue weighted by atomic mass is 19.4. The number of pyridine rings is 1. The van der Waals surface area contributed by atoms with Crippen LogP contribution < -0.4 is 0 Å². The van der Waals surface area contributed by atoms with Gasteiger partial charge in [0.05, 0.1) is 11.7 Å². The average Bonchev–Trinajstić information content (AvgIpc) is 2.82. The van der Waals surface area contributed by atoms with Crippen molar-refractivity contribution >= 4 is 5.52 Å². The summed E-state index contributed by atoms with van der Waals surface area (Å²) in [6, 6.07) is 11.1. The lowest BCUT2D eigenvalue weighted by Gasteiger charge is -2.08. The van der Waals surface area contributed by atoms with E-state index in [1.54, 1.807) is 12.1 Å².